The molecule has 0 aliphatic carbocycles. The summed E-state index contributed by atoms with van der Waals surface area (Å²) in [6.45, 7) is 0. The SMILES string of the molecule is COc1ccc(NC(=O)c2ccc(CSC)cc2)cc1S(=O)(=O)Nc1ccccc1Cl. The molecule has 0 heterocycles. The Kier molecular flexibility index (Phi) is 7.48. The fourth-order valence-corrected chi connectivity index (χ4v) is 4.87. The molecule has 0 aliphatic rings. The van der Waals surface area contributed by atoms with Gasteiger partial charge in [0, 0.05) is 17.0 Å². The zero-order valence-electron chi connectivity index (χ0n) is 16.9. The number of sulfonamides is 1. The van der Waals surface area contributed by atoms with Gasteiger partial charge in [0.25, 0.3) is 15.9 Å². The highest BCUT2D eigenvalue weighted by Crippen LogP contribution is 2.31. The third-order valence-corrected chi connectivity index (χ3v) is 6.69. The monoisotopic (exact) mass is 476 g/mol. The highest BCUT2D eigenvalue weighted by atomic mass is 35.5. The molecule has 0 spiro atoms. The van der Waals surface area contributed by atoms with Crippen LogP contribution in [0.25, 0.3) is 0 Å². The highest BCUT2D eigenvalue weighted by molar-refractivity contribution is 7.97. The molecule has 0 radical (unpaired) electrons. The molecule has 0 saturated heterocycles. The molecule has 162 valence electrons. The Bertz CT molecular complexity index is 1180. The molecule has 3 rings (SSSR count). The Morgan fingerprint density at radius 2 is 1.77 bits per heavy atom. The van der Waals surface area contributed by atoms with Crippen LogP contribution in [0.4, 0.5) is 11.4 Å². The number of rotatable bonds is 8. The van der Waals surface area contributed by atoms with E-state index < -0.39 is 10.0 Å². The van der Waals surface area contributed by atoms with Gasteiger partial charge in [-0.1, -0.05) is 35.9 Å². The van der Waals surface area contributed by atoms with Crippen molar-refractivity contribution < 1.29 is 17.9 Å². The van der Waals surface area contributed by atoms with E-state index in [0.717, 1.165) is 11.3 Å². The van der Waals surface area contributed by atoms with Gasteiger partial charge in [-0.3, -0.25) is 9.52 Å². The first-order valence-electron chi connectivity index (χ1n) is 9.18. The second kappa shape index (κ2) is 10.1. The van der Waals surface area contributed by atoms with Gasteiger partial charge in [0.2, 0.25) is 0 Å². The molecule has 1 amide bonds. The minimum Gasteiger partial charge on any atom is -0.495 e. The number of anilines is 2. The average molecular weight is 477 g/mol. The summed E-state index contributed by atoms with van der Waals surface area (Å²) >= 11 is 7.77. The van der Waals surface area contributed by atoms with E-state index in [9.17, 15) is 13.2 Å². The number of ether oxygens (including phenoxy) is 1. The second-order valence-corrected chi connectivity index (χ2v) is 9.46. The van der Waals surface area contributed by atoms with E-state index in [1.165, 1.54) is 19.2 Å². The van der Waals surface area contributed by atoms with Crippen molar-refractivity contribution in [2.45, 2.75) is 10.6 Å². The molecular weight excluding hydrogens is 456 g/mol. The summed E-state index contributed by atoms with van der Waals surface area (Å²) in [5.74, 6) is 0.655. The first kappa shape index (κ1) is 23.0. The lowest BCUT2D eigenvalue weighted by Crippen LogP contribution is -2.16. The minimum atomic E-state index is -4.03. The van der Waals surface area contributed by atoms with Crippen molar-refractivity contribution >= 4 is 50.7 Å². The van der Waals surface area contributed by atoms with Crippen LogP contribution in [0.2, 0.25) is 5.02 Å². The fourth-order valence-electron chi connectivity index (χ4n) is 2.83. The molecule has 0 bridgehead atoms. The van der Waals surface area contributed by atoms with E-state index in [4.69, 9.17) is 16.3 Å². The van der Waals surface area contributed by atoms with Gasteiger partial charge < -0.3 is 10.1 Å². The van der Waals surface area contributed by atoms with Crippen molar-refractivity contribution in [1.82, 2.24) is 0 Å². The molecule has 6 nitrogen and oxygen atoms in total. The predicted octanol–water partition coefficient (Wildman–Crippen LogP) is 5.26. The number of amides is 1. The summed E-state index contributed by atoms with van der Waals surface area (Å²) in [5.41, 5.74) is 2.15. The van der Waals surface area contributed by atoms with Gasteiger partial charge in [-0.05, 0) is 54.3 Å². The highest BCUT2D eigenvalue weighted by Gasteiger charge is 2.22. The van der Waals surface area contributed by atoms with Gasteiger partial charge in [-0.2, -0.15) is 11.8 Å². The van der Waals surface area contributed by atoms with Crippen molar-refractivity contribution in [2.24, 2.45) is 0 Å². The standard InChI is InChI=1S/C22H21ClN2O4S2/c1-29-20-12-11-17(24-22(26)16-9-7-15(8-10-16)14-30-2)13-21(20)31(27,28)25-19-6-4-3-5-18(19)23/h3-13,25H,14H2,1-2H3,(H,24,26). The molecule has 31 heavy (non-hydrogen) atoms. The lowest BCUT2D eigenvalue weighted by Gasteiger charge is -2.14. The number of carbonyl (C=O) groups excluding carboxylic acids is 1. The number of benzene rings is 3. The van der Waals surface area contributed by atoms with Crippen molar-refractivity contribution in [2.75, 3.05) is 23.4 Å². The Hall–Kier alpha value is -2.68. The number of methoxy groups -OCH3 is 1. The lowest BCUT2D eigenvalue weighted by molar-refractivity contribution is 0.102. The summed E-state index contributed by atoms with van der Waals surface area (Å²) in [4.78, 5) is 12.5. The molecule has 0 aromatic heterocycles. The maximum Gasteiger partial charge on any atom is 0.265 e. The molecule has 0 unspecified atom stereocenters. The molecule has 2 N–H and O–H groups in total. The van der Waals surface area contributed by atoms with Crippen LogP contribution in [0.5, 0.6) is 5.75 Å². The first-order chi connectivity index (χ1) is 14.8. The van der Waals surface area contributed by atoms with Gasteiger partial charge >= 0.3 is 0 Å². The Morgan fingerprint density at radius 1 is 1.06 bits per heavy atom. The number of carbonyl (C=O) groups is 1. The molecular formula is C22H21ClN2O4S2. The lowest BCUT2D eigenvalue weighted by atomic mass is 10.1. The molecule has 3 aromatic carbocycles. The third-order valence-electron chi connectivity index (χ3n) is 4.36. The molecule has 0 saturated carbocycles. The van der Waals surface area contributed by atoms with Gasteiger partial charge in [-0.25, -0.2) is 8.42 Å². The number of para-hydroxylation sites is 1. The van der Waals surface area contributed by atoms with Crippen LogP contribution in [0.1, 0.15) is 15.9 Å². The van der Waals surface area contributed by atoms with E-state index in [0.29, 0.717) is 11.3 Å². The van der Waals surface area contributed by atoms with E-state index in [-0.39, 0.29) is 27.3 Å². The quantitative estimate of drug-likeness (QED) is 0.463. The van der Waals surface area contributed by atoms with E-state index in [2.05, 4.69) is 10.0 Å². The average Bonchev–Trinajstić information content (AvgIpc) is 2.76. The van der Waals surface area contributed by atoms with E-state index in [1.807, 2.05) is 18.4 Å². The van der Waals surface area contributed by atoms with Gasteiger partial charge in [-0.15, -0.1) is 0 Å². The van der Waals surface area contributed by atoms with Crippen LogP contribution in [-0.2, 0) is 15.8 Å². The summed E-state index contributed by atoms with van der Waals surface area (Å²) in [7, 11) is -2.65. The van der Waals surface area contributed by atoms with Crippen LogP contribution in [-0.4, -0.2) is 27.7 Å². The van der Waals surface area contributed by atoms with Crippen molar-refractivity contribution in [3.63, 3.8) is 0 Å². The van der Waals surface area contributed by atoms with Gasteiger partial charge in [0.1, 0.15) is 10.6 Å². The van der Waals surface area contributed by atoms with Gasteiger partial charge in [0.15, 0.2) is 0 Å². The molecule has 9 heteroatoms. The summed E-state index contributed by atoms with van der Waals surface area (Å²) < 4.78 is 33.6. The second-order valence-electron chi connectivity index (χ2n) is 6.54. The van der Waals surface area contributed by atoms with E-state index >= 15 is 0 Å². The van der Waals surface area contributed by atoms with Crippen molar-refractivity contribution in [3.05, 3.63) is 82.9 Å². The normalized spacial score (nSPS) is 11.1. The summed E-state index contributed by atoms with van der Waals surface area (Å²) in [6, 6.07) is 18.2. The Balaban J connectivity index is 1.86. The Morgan fingerprint density at radius 3 is 2.42 bits per heavy atom. The number of hydrogen-bond acceptors (Lipinski definition) is 5. The molecule has 0 aliphatic heterocycles. The minimum absolute atomic E-state index is 0.122. The fraction of sp³-hybridized carbons (Fsp3) is 0.136. The van der Waals surface area contributed by atoms with E-state index in [1.54, 1.807) is 54.2 Å². The largest absolute Gasteiger partial charge is 0.495 e. The third kappa shape index (κ3) is 5.72. The van der Waals surface area contributed by atoms with Crippen molar-refractivity contribution in [3.8, 4) is 5.75 Å². The zero-order chi connectivity index (χ0) is 22.4. The molecule has 0 fully saturated rings. The predicted molar refractivity (Wildman–Crippen MR) is 127 cm³/mol. The molecule has 3 aromatic rings. The number of thioether (sulfide) groups is 1. The van der Waals surface area contributed by atoms with Gasteiger partial charge in [0.05, 0.1) is 17.8 Å². The van der Waals surface area contributed by atoms with Crippen LogP contribution in [0.15, 0.2) is 71.6 Å². The van der Waals surface area contributed by atoms with Crippen LogP contribution >= 0.6 is 23.4 Å². The smallest absolute Gasteiger partial charge is 0.265 e. The summed E-state index contributed by atoms with van der Waals surface area (Å²) in [5, 5.41) is 2.99. The first-order valence-corrected chi connectivity index (χ1v) is 12.4. The van der Waals surface area contributed by atoms with Crippen LogP contribution < -0.4 is 14.8 Å². The number of halogens is 1. The van der Waals surface area contributed by atoms with Crippen LogP contribution in [0, 0.1) is 0 Å². The topological polar surface area (TPSA) is 84.5 Å². The summed E-state index contributed by atoms with van der Waals surface area (Å²) in [6.07, 6.45) is 2.01. The zero-order valence-corrected chi connectivity index (χ0v) is 19.3. The van der Waals surface area contributed by atoms with Crippen molar-refractivity contribution in [1.29, 1.82) is 0 Å². The molecule has 0 atom stereocenters. The maximum absolute atomic E-state index is 13.0. The number of nitrogens with one attached hydrogen (secondary N) is 2. The number of hydrogen-bond donors (Lipinski definition) is 2. The maximum atomic E-state index is 13.0. The Labute approximate surface area is 191 Å². The van der Waals surface area contributed by atoms with Crippen LogP contribution in [0.3, 0.4) is 0 Å².